The minimum Gasteiger partial charge on any atom is -0.457 e. The van der Waals surface area contributed by atoms with E-state index in [0.29, 0.717) is 23.3 Å². The molecule has 1 atom stereocenters. The molecule has 0 amide bonds. The van der Waals surface area contributed by atoms with Gasteiger partial charge in [0.05, 0.1) is 11.7 Å². The number of aliphatic hydroxyl groups is 1. The second-order valence-corrected chi connectivity index (χ2v) is 6.95. The third-order valence-electron chi connectivity index (χ3n) is 4.39. The van der Waals surface area contributed by atoms with Gasteiger partial charge in [0.1, 0.15) is 17.3 Å². The highest BCUT2D eigenvalue weighted by Crippen LogP contribution is 2.31. The molecule has 0 aliphatic carbocycles. The summed E-state index contributed by atoms with van der Waals surface area (Å²) in [4.78, 5) is 1.69. The largest absolute Gasteiger partial charge is 0.457 e. The maximum absolute atomic E-state index is 14.3. The molecule has 158 valence electrons. The van der Waals surface area contributed by atoms with Gasteiger partial charge in [-0.1, -0.05) is 30.3 Å². The topological polar surface area (TPSA) is 32.7 Å². The number of benzene rings is 3. The Labute approximate surface area is 172 Å². The van der Waals surface area contributed by atoms with E-state index in [9.17, 15) is 22.7 Å². The van der Waals surface area contributed by atoms with E-state index in [1.807, 2.05) is 18.2 Å². The Hall–Kier alpha value is -3.06. The number of para-hydroxylation sites is 1. The number of alkyl halides is 3. The van der Waals surface area contributed by atoms with E-state index in [-0.39, 0.29) is 18.7 Å². The van der Waals surface area contributed by atoms with E-state index < -0.39 is 23.7 Å². The number of aliphatic hydroxyl groups excluding tert-OH is 1. The summed E-state index contributed by atoms with van der Waals surface area (Å²) in [5, 5.41) is 9.87. The first-order valence-corrected chi connectivity index (χ1v) is 9.34. The molecule has 3 aromatic carbocycles. The summed E-state index contributed by atoms with van der Waals surface area (Å²) in [6.07, 6.45) is -5.34. The number of halogens is 4. The van der Waals surface area contributed by atoms with Crippen molar-refractivity contribution in [3.8, 4) is 11.5 Å². The summed E-state index contributed by atoms with van der Waals surface area (Å²) in [6, 6.07) is 18.6. The third-order valence-corrected chi connectivity index (χ3v) is 4.39. The van der Waals surface area contributed by atoms with Gasteiger partial charge in [-0.05, 0) is 43.3 Å². The zero-order chi connectivity index (χ0) is 21.7. The van der Waals surface area contributed by atoms with Crippen LogP contribution in [0.15, 0.2) is 72.8 Å². The number of anilines is 1. The predicted octanol–water partition coefficient (Wildman–Crippen LogP) is 6.02. The van der Waals surface area contributed by atoms with Crippen LogP contribution in [-0.2, 0) is 12.7 Å². The van der Waals surface area contributed by atoms with Crippen LogP contribution in [0.1, 0.15) is 18.1 Å². The number of hydrogen-bond donors (Lipinski definition) is 1. The Balaban J connectivity index is 1.85. The molecule has 3 nitrogen and oxygen atoms in total. The first-order valence-electron chi connectivity index (χ1n) is 9.34. The highest BCUT2D eigenvalue weighted by molar-refractivity contribution is 5.52. The van der Waals surface area contributed by atoms with Gasteiger partial charge in [-0.3, -0.25) is 0 Å². The third kappa shape index (κ3) is 5.73. The zero-order valence-electron chi connectivity index (χ0n) is 16.2. The summed E-state index contributed by atoms with van der Waals surface area (Å²) in [7, 11) is 0. The van der Waals surface area contributed by atoms with Crippen molar-refractivity contribution in [1.82, 2.24) is 0 Å². The Morgan fingerprint density at radius 1 is 0.933 bits per heavy atom. The van der Waals surface area contributed by atoms with E-state index in [1.165, 1.54) is 0 Å². The quantitative estimate of drug-likeness (QED) is 0.475. The lowest BCUT2D eigenvalue weighted by Gasteiger charge is -2.27. The van der Waals surface area contributed by atoms with Gasteiger partial charge in [0.2, 0.25) is 0 Å². The standard InChI is InChI=1S/C23H21F4NO2/c1-16(29)14-28(15-17-10-11-18(12-22(17)24)23(25,26)27)19-6-5-9-21(13-19)30-20-7-3-2-4-8-20/h2-13,16,29H,14-15H2,1H3. The summed E-state index contributed by atoms with van der Waals surface area (Å²) >= 11 is 0. The van der Waals surface area contributed by atoms with E-state index in [0.717, 1.165) is 12.1 Å². The molecular formula is C23H21F4NO2. The van der Waals surface area contributed by atoms with Crippen LogP contribution in [0.3, 0.4) is 0 Å². The van der Waals surface area contributed by atoms with Crippen LogP contribution in [0.4, 0.5) is 23.2 Å². The molecule has 0 aromatic heterocycles. The van der Waals surface area contributed by atoms with Gasteiger partial charge in [0.25, 0.3) is 0 Å². The second kappa shape index (κ2) is 9.17. The predicted molar refractivity (Wildman–Crippen MR) is 107 cm³/mol. The smallest absolute Gasteiger partial charge is 0.416 e. The highest BCUT2D eigenvalue weighted by atomic mass is 19.4. The van der Waals surface area contributed by atoms with Gasteiger partial charge >= 0.3 is 6.18 Å². The molecule has 7 heteroatoms. The van der Waals surface area contributed by atoms with Crippen LogP contribution in [-0.4, -0.2) is 17.8 Å². The normalized spacial score (nSPS) is 12.5. The first-order chi connectivity index (χ1) is 14.2. The Morgan fingerprint density at radius 3 is 2.27 bits per heavy atom. The van der Waals surface area contributed by atoms with Crippen molar-refractivity contribution >= 4 is 5.69 Å². The SMILES string of the molecule is CC(O)CN(Cc1ccc(C(F)(F)F)cc1F)c1cccc(Oc2ccccc2)c1. The average Bonchev–Trinajstić information content (AvgIpc) is 2.69. The average molecular weight is 419 g/mol. The van der Waals surface area contributed by atoms with Gasteiger partial charge in [-0.25, -0.2) is 4.39 Å². The monoisotopic (exact) mass is 419 g/mol. The van der Waals surface area contributed by atoms with Crippen molar-refractivity contribution in [2.24, 2.45) is 0 Å². The molecule has 0 bridgehead atoms. The molecule has 0 saturated carbocycles. The van der Waals surface area contributed by atoms with E-state index in [4.69, 9.17) is 4.74 Å². The number of nitrogens with zero attached hydrogens (tertiary/aromatic N) is 1. The summed E-state index contributed by atoms with van der Waals surface area (Å²) < 4.78 is 58.6. The number of hydrogen-bond acceptors (Lipinski definition) is 3. The molecule has 3 aromatic rings. The summed E-state index contributed by atoms with van der Waals surface area (Å²) in [5.74, 6) is 0.241. The molecule has 0 fully saturated rings. The molecule has 0 radical (unpaired) electrons. The van der Waals surface area contributed by atoms with Gasteiger partial charge < -0.3 is 14.7 Å². The van der Waals surface area contributed by atoms with E-state index in [2.05, 4.69) is 0 Å². The van der Waals surface area contributed by atoms with Gasteiger partial charge in [0.15, 0.2) is 0 Å². The lowest BCUT2D eigenvalue weighted by Crippen LogP contribution is -2.31. The van der Waals surface area contributed by atoms with Crippen molar-refractivity contribution in [1.29, 1.82) is 0 Å². The van der Waals surface area contributed by atoms with Crippen molar-refractivity contribution in [2.45, 2.75) is 25.7 Å². The minimum atomic E-state index is -4.61. The first kappa shape index (κ1) is 21.6. The van der Waals surface area contributed by atoms with Crippen LogP contribution < -0.4 is 9.64 Å². The number of rotatable bonds is 7. The van der Waals surface area contributed by atoms with Crippen molar-refractivity contribution in [2.75, 3.05) is 11.4 Å². The van der Waals surface area contributed by atoms with Crippen molar-refractivity contribution in [3.05, 3.63) is 89.7 Å². The van der Waals surface area contributed by atoms with Crippen LogP contribution >= 0.6 is 0 Å². The molecule has 1 unspecified atom stereocenters. The molecule has 1 N–H and O–H groups in total. The summed E-state index contributed by atoms with van der Waals surface area (Å²) in [6.45, 7) is 1.74. The van der Waals surface area contributed by atoms with E-state index in [1.54, 1.807) is 48.2 Å². The fourth-order valence-electron chi connectivity index (χ4n) is 3.01. The van der Waals surface area contributed by atoms with Gasteiger partial charge in [-0.2, -0.15) is 13.2 Å². The molecule has 0 spiro atoms. The van der Waals surface area contributed by atoms with Crippen molar-refractivity contribution in [3.63, 3.8) is 0 Å². The molecule has 3 rings (SSSR count). The fourth-order valence-corrected chi connectivity index (χ4v) is 3.01. The molecule has 0 aliphatic heterocycles. The summed E-state index contributed by atoms with van der Waals surface area (Å²) in [5.41, 5.74) is -0.300. The maximum Gasteiger partial charge on any atom is 0.416 e. The van der Waals surface area contributed by atoms with Crippen LogP contribution in [0.2, 0.25) is 0 Å². The Morgan fingerprint density at radius 2 is 1.63 bits per heavy atom. The van der Waals surface area contributed by atoms with Gasteiger partial charge in [-0.15, -0.1) is 0 Å². The molecule has 0 aliphatic rings. The van der Waals surface area contributed by atoms with Crippen LogP contribution in [0.25, 0.3) is 0 Å². The molecule has 0 saturated heterocycles. The maximum atomic E-state index is 14.3. The molecule has 0 heterocycles. The second-order valence-electron chi connectivity index (χ2n) is 6.95. The Kier molecular flexibility index (Phi) is 6.62. The van der Waals surface area contributed by atoms with Gasteiger partial charge in [0, 0.05) is 30.4 Å². The highest BCUT2D eigenvalue weighted by Gasteiger charge is 2.31. The molecular weight excluding hydrogens is 398 g/mol. The zero-order valence-corrected chi connectivity index (χ0v) is 16.2. The molecule has 30 heavy (non-hydrogen) atoms. The number of ether oxygens (including phenoxy) is 1. The fraction of sp³-hybridized carbons (Fsp3) is 0.217. The minimum absolute atomic E-state index is 0.0103. The lowest BCUT2D eigenvalue weighted by atomic mass is 10.1. The Bertz CT molecular complexity index is 974. The lowest BCUT2D eigenvalue weighted by molar-refractivity contribution is -0.137. The van der Waals surface area contributed by atoms with Crippen LogP contribution in [0.5, 0.6) is 11.5 Å². The van der Waals surface area contributed by atoms with Crippen LogP contribution in [0, 0.1) is 5.82 Å². The van der Waals surface area contributed by atoms with E-state index >= 15 is 0 Å². The van der Waals surface area contributed by atoms with Crippen molar-refractivity contribution < 1.29 is 27.4 Å².